The second kappa shape index (κ2) is 19.7. The normalized spacial score (nSPS) is 12.1. The van der Waals surface area contributed by atoms with E-state index in [2.05, 4.69) is 10.2 Å². The Kier molecular flexibility index (Phi) is 15.7. The predicted molar refractivity (Wildman–Crippen MR) is 233 cm³/mol. The number of sulfonamides is 1. The highest BCUT2D eigenvalue weighted by Crippen LogP contribution is 2.32. The second-order valence-corrected chi connectivity index (χ2v) is 19.7. The Hall–Kier alpha value is -5.13. The van der Waals surface area contributed by atoms with Gasteiger partial charge in [0.2, 0.25) is 0 Å². The number of imide groups is 1. The number of halogens is 2. The molecule has 0 unspecified atom stereocenters. The first-order valence-electron chi connectivity index (χ1n) is 19.6. The van der Waals surface area contributed by atoms with E-state index in [9.17, 15) is 27.6 Å². The van der Waals surface area contributed by atoms with E-state index in [0.717, 1.165) is 15.6 Å². The minimum Gasteiger partial charge on any atom is -0.464 e. The van der Waals surface area contributed by atoms with Gasteiger partial charge in [-0.2, -0.15) is 0 Å². The predicted octanol–water partition coefficient (Wildman–Crippen LogP) is 9.57. The summed E-state index contributed by atoms with van der Waals surface area (Å²) in [7, 11) is -4.36. The van der Waals surface area contributed by atoms with Crippen molar-refractivity contribution in [3.63, 3.8) is 0 Å². The van der Waals surface area contributed by atoms with E-state index < -0.39 is 57.6 Å². The molecule has 0 radical (unpaired) electrons. The summed E-state index contributed by atoms with van der Waals surface area (Å²) in [5.74, 6) is -0.248. The van der Waals surface area contributed by atoms with Crippen molar-refractivity contribution in [2.45, 2.75) is 110 Å². The zero-order chi connectivity index (χ0) is 45.5. The molecule has 0 atom stereocenters. The van der Waals surface area contributed by atoms with Gasteiger partial charge in [0, 0.05) is 34.7 Å². The summed E-state index contributed by atoms with van der Waals surface area (Å²) in [6, 6.07) is 13.7. The summed E-state index contributed by atoms with van der Waals surface area (Å²) in [6.07, 6.45) is 0.682. The second-order valence-electron chi connectivity index (χ2n) is 17.0. The van der Waals surface area contributed by atoms with E-state index in [-0.39, 0.29) is 52.6 Å². The van der Waals surface area contributed by atoms with Crippen LogP contribution in [-0.2, 0) is 33.8 Å². The monoisotopic (exact) mass is 904 g/mol. The van der Waals surface area contributed by atoms with Crippen molar-refractivity contribution >= 4 is 79.9 Å². The lowest BCUT2D eigenvalue weighted by Crippen LogP contribution is -2.45. The number of ether oxygens (including phenoxy) is 4. The Balaban J connectivity index is 1.64. The molecule has 2 aromatic carbocycles. The molecular formula is C42H54Cl2N6O10S. The van der Waals surface area contributed by atoms with Crippen LogP contribution in [0.25, 0.3) is 16.7 Å². The van der Waals surface area contributed by atoms with Gasteiger partial charge < -0.3 is 18.9 Å². The third-order valence-corrected chi connectivity index (χ3v) is 10.4. The maximum atomic E-state index is 14.0. The van der Waals surface area contributed by atoms with Crippen LogP contribution in [-0.4, -0.2) is 95.4 Å². The van der Waals surface area contributed by atoms with Gasteiger partial charge in [-0.05, 0) is 130 Å². The molecule has 2 heterocycles. The molecule has 0 spiro atoms. The number of benzene rings is 2. The van der Waals surface area contributed by atoms with E-state index in [1.165, 1.54) is 23.1 Å². The molecule has 16 nitrogen and oxygen atoms in total. The first-order chi connectivity index (χ1) is 28.3. The molecular weight excluding hydrogens is 851 g/mol. The lowest BCUT2D eigenvalue weighted by molar-refractivity contribution is -0.141. The van der Waals surface area contributed by atoms with Crippen molar-refractivity contribution < 1.29 is 46.5 Å². The number of fused-ring (bicyclic) bond motifs is 1. The van der Waals surface area contributed by atoms with Gasteiger partial charge >= 0.3 is 24.2 Å². The Morgan fingerprint density at radius 2 is 1.31 bits per heavy atom. The molecule has 61 heavy (non-hydrogen) atoms. The quantitative estimate of drug-likeness (QED) is 0.0665. The first kappa shape index (κ1) is 48.5. The number of aromatic nitrogens is 3. The average molecular weight is 906 g/mol. The Bertz CT molecular complexity index is 2270. The van der Waals surface area contributed by atoms with E-state index in [1.807, 2.05) is 6.92 Å². The van der Waals surface area contributed by atoms with Gasteiger partial charge in [0.25, 0.3) is 10.0 Å². The molecule has 0 bridgehead atoms. The lowest BCUT2D eigenvalue weighted by atomic mass is 10.2. The molecule has 0 saturated carbocycles. The van der Waals surface area contributed by atoms with Gasteiger partial charge in [-0.15, -0.1) is 10.2 Å². The van der Waals surface area contributed by atoms with E-state index in [4.69, 9.17) is 42.1 Å². The molecule has 0 aliphatic rings. The molecule has 0 aliphatic carbocycles. The number of esters is 1. The van der Waals surface area contributed by atoms with Crippen molar-refractivity contribution in [1.29, 1.82) is 0 Å². The van der Waals surface area contributed by atoms with Crippen LogP contribution in [0.4, 0.5) is 25.9 Å². The van der Waals surface area contributed by atoms with Crippen LogP contribution in [0.15, 0.2) is 65.7 Å². The highest BCUT2D eigenvalue weighted by Gasteiger charge is 2.33. The minimum atomic E-state index is -4.36. The van der Waals surface area contributed by atoms with Crippen molar-refractivity contribution in [2.24, 2.45) is 0 Å². The zero-order valence-corrected chi connectivity index (χ0v) is 38.5. The molecule has 19 heteroatoms. The molecule has 4 aromatic rings. The van der Waals surface area contributed by atoms with Gasteiger partial charge in [0.1, 0.15) is 23.3 Å². The van der Waals surface area contributed by atoms with Gasteiger partial charge in [0.05, 0.1) is 22.7 Å². The molecule has 4 rings (SSSR count). The largest absolute Gasteiger partial charge is 0.464 e. The summed E-state index contributed by atoms with van der Waals surface area (Å²) < 4.78 is 52.6. The number of hydrogen-bond acceptors (Lipinski definition) is 12. The average Bonchev–Trinajstić information content (AvgIpc) is 3.55. The van der Waals surface area contributed by atoms with Crippen LogP contribution in [0.2, 0.25) is 10.0 Å². The number of nitrogens with zero attached hydrogens (tertiary/aromatic N) is 6. The molecule has 3 amide bonds. The standard InChI is InChI=1S/C42H54Cl2N6O10S/c1-11-12-22-57-36(51)27-50(61(55,56)32-25-29(43)24-30(44)26-32)31-14-15-33-28(23-31)18-21-47(33)34-16-17-35(46-45-34)48(37(52)58-40(2,3)4)19-13-20-49(38(53)59-41(5,6)7)39(54)60-42(8,9)10/h14-18,21,23-26H,11-13,19-20,22,27H2,1-10H3. The van der Waals surface area contributed by atoms with Crippen LogP contribution in [0.5, 0.6) is 0 Å². The minimum absolute atomic E-state index is 0.0345. The van der Waals surface area contributed by atoms with Gasteiger partial charge in [0.15, 0.2) is 11.6 Å². The number of hydrogen-bond donors (Lipinski definition) is 0. The lowest BCUT2D eigenvalue weighted by Gasteiger charge is -2.29. The maximum absolute atomic E-state index is 14.0. The highest BCUT2D eigenvalue weighted by molar-refractivity contribution is 7.92. The third kappa shape index (κ3) is 13.9. The summed E-state index contributed by atoms with van der Waals surface area (Å²) in [6.45, 7) is 16.5. The fraction of sp³-hybridized carbons (Fsp3) is 0.476. The summed E-state index contributed by atoms with van der Waals surface area (Å²) >= 11 is 12.3. The summed E-state index contributed by atoms with van der Waals surface area (Å²) in [4.78, 5) is 54.5. The zero-order valence-electron chi connectivity index (χ0n) is 36.2. The van der Waals surface area contributed by atoms with Crippen molar-refractivity contribution in [1.82, 2.24) is 19.7 Å². The Morgan fingerprint density at radius 1 is 0.721 bits per heavy atom. The van der Waals surface area contributed by atoms with Crippen molar-refractivity contribution in [3.8, 4) is 5.82 Å². The van der Waals surface area contributed by atoms with Crippen LogP contribution < -0.4 is 9.21 Å². The van der Waals surface area contributed by atoms with Crippen LogP contribution in [0, 0.1) is 0 Å². The molecule has 0 N–H and O–H groups in total. The molecule has 0 aliphatic heterocycles. The number of unbranched alkanes of at least 4 members (excludes halogenated alkanes) is 1. The van der Waals surface area contributed by atoms with Gasteiger partial charge in [-0.3, -0.25) is 18.6 Å². The van der Waals surface area contributed by atoms with Crippen molar-refractivity contribution in [3.05, 3.63) is 70.8 Å². The molecule has 0 saturated heterocycles. The fourth-order valence-electron chi connectivity index (χ4n) is 5.58. The van der Waals surface area contributed by atoms with E-state index >= 15 is 0 Å². The van der Waals surface area contributed by atoms with Crippen LogP contribution in [0.1, 0.15) is 88.5 Å². The van der Waals surface area contributed by atoms with E-state index in [1.54, 1.807) is 109 Å². The Morgan fingerprint density at radius 3 is 1.85 bits per heavy atom. The smallest absolute Gasteiger partial charge is 0.419 e. The number of amides is 3. The van der Waals surface area contributed by atoms with Crippen LogP contribution >= 0.6 is 23.2 Å². The number of anilines is 2. The summed E-state index contributed by atoms with van der Waals surface area (Å²) in [5, 5.41) is 9.54. The van der Waals surface area contributed by atoms with E-state index in [0.29, 0.717) is 23.1 Å². The fourth-order valence-corrected chi connectivity index (χ4v) is 7.71. The third-order valence-electron chi connectivity index (χ3n) is 8.18. The topological polar surface area (TPSA) is 180 Å². The number of rotatable bonds is 14. The number of carbonyl (C=O) groups is 4. The van der Waals surface area contributed by atoms with Gasteiger partial charge in [-0.1, -0.05) is 36.5 Å². The summed E-state index contributed by atoms with van der Waals surface area (Å²) in [5.41, 5.74) is -1.84. The van der Waals surface area contributed by atoms with Crippen LogP contribution in [0.3, 0.4) is 0 Å². The molecule has 2 aromatic heterocycles. The number of carbonyl (C=O) groups excluding carboxylic acids is 4. The first-order valence-corrected chi connectivity index (χ1v) is 21.8. The van der Waals surface area contributed by atoms with Gasteiger partial charge in [-0.25, -0.2) is 27.7 Å². The SMILES string of the molecule is CCCCOC(=O)CN(c1ccc2c(ccn2-c2ccc(N(CCCN(C(=O)OC(C)(C)C)C(=O)OC(C)(C)C)C(=O)OC(C)(C)C)nn2)c1)S(=O)(=O)c1cc(Cl)cc(Cl)c1. The molecule has 0 fully saturated rings. The maximum Gasteiger partial charge on any atom is 0.419 e. The van der Waals surface area contributed by atoms with Crippen molar-refractivity contribution in [2.75, 3.05) is 35.4 Å². The highest BCUT2D eigenvalue weighted by atomic mass is 35.5. The molecule has 332 valence electrons. The Labute approximate surface area is 367 Å².